The van der Waals surface area contributed by atoms with Crippen molar-refractivity contribution in [3.63, 3.8) is 0 Å². The summed E-state index contributed by atoms with van der Waals surface area (Å²) >= 11 is 0. The van der Waals surface area contributed by atoms with Crippen molar-refractivity contribution in [2.75, 3.05) is 26.2 Å². The van der Waals surface area contributed by atoms with Crippen LogP contribution in [-0.2, 0) is 14.3 Å². The maximum absolute atomic E-state index is 11.7. The summed E-state index contributed by atoms with van der Waals surface area (Å²) in [6.45, 7) is 4.10. The molecule has 0 atom stereocenters. The van der Waals surface area contributed by atoms with Gasteiger partial charge in [-0.3, -0.25) is 9.59 Å². The number of nitrogens with zero attached hydrogens (tertiary/aromatic N) is 1. The third-order valence-electron chi connectivity index (χ3n) is 3.06. The van der Waals surface area contributed by atoms with Gasteiger partial charge in [-0.15, -0.1) is 12.4 Å². The van der Waals surface area contributed by atoms with Gasteiger partial charge < -0.3 is 15.4 Å². The molecular formula is C12H23ClN2O3. The number of hydrogen-bond donors (Lipinski definition) is 1. The molecule has 6 heteroatoms. The Kier molecular flexibility index (Phi) is 8.75. The average molecular weight is 279 g/mol. The molecule has 1 aliphatic heterocycles. The van der Waals surface area contributed by atoms with Crippen molar-refractivity contribution in [1.82, 2.24) is 4.90 Å². The summed E-state index contributed by atoms with van der Waals surface area (Å²) in [6.07, 6.45) is 2.68. The molecule has 2 N–H and O–H groups in total. The van der Waals surface area contributed by atoms with Crippen LogP contribution < -0.4 is 5.73 Å². The molecule has 1 rings (SSSR count). The first-order valence-corrected chi connectivity index (χ1v) is 6.33. The van der Waals surface area contributed by atoms with E-state index in [-0.39, 0.29) is 30.2 Å². The smallest absolute Gasteiger partial charge is 0.309 e. The third kappa shape index (κ3) is 5.23. The molecule has 0 spiro atoms. The van der Waals surface area contributed by atoms with E-state index in [9.17, 15) is 9.59 Å². The fraction of sp³-hybridized carbons (Fsp3) is 0.833. The molecule has 0 unspecified atom stereocenters. The number of piperidine rings is 1. The van der Waals surface area contributed by atoms with Crippen LogP contribution in [0, 0.1) is 5.92 Å². The molecule has 0 aliphatic carbocycles. The number of carbonyl (C=O) groups excluding carboxylic acids is 2. The van der Waals surface area contributed by atoms with E-state index >= 15 is 0 Å². The minimum atomic E-state index is -0.124. The summed E-state index contributed by atoms with van der Waals surface area (Å²) in [6, 6.07) is 0. The lowest BCUT2D eigenvalue weighted by Gasteiger charge is -2.30. The summed E-state index contributed by atoms with van der Waals surface area (Å²) in [7, 11) is 0. The van der Waals surface area contributed by atoms with Gasteiger partial charge in [0.25, 0.3) is 0 Å². The van der Waals surface area contributed by atoms with E-state index in [1.165, 1.54) is 0 Å². The number of hydrogen-bond acceptors (Lipinski definition) is 4. The van der Waals surface area contributed by atoms with Gasteiger partial charge in [0.05, 0.1) is 12.5 Å². The van der Waals surface area contributed by atoms with Crippen molar-refractivity contribution in [3.05, 3.63) is 0 Å². The molecule has 0 saturated carbocycles. The van der Waals surface area contributed by atoms with Crippen molar-refractivity contribution < 1.29 is 14.3 Å². The van der Waals surface area contributed by atoms with Crippen LogP contribution >= 0.6 is 12.4 Å². The number of ether oxygens (including phenoxy) is 1. The van der Waals surface area contributed by atoms with Crippen LogP contribution in [0.5, 0.6) is 0 Å². The van der Waals surface area contributed by atoms with Gasteiger partial charge in [0.2, 0.25) is 5.91 Å². The fourth-order valence-electron chi connectivity index (χ4n) is 2.04. The predicted molar refractivity (Wildman–Crippen MR) is 71.5 cm³/mol. The van der Waals surface area contributed by atoms with Crippen LogP contribution in [0.3, 0.4) is 0 Å². The van der Waals surface area contributed by atoms with Gasteiger partial charge in [-0.25, -0.2) is 0 Å². The number of halogens is 1. The van der Waals surface area contributed by atoms with Gasteiger partial charge in [-0.2, -0.15) is 0 Å². The Morgan fingerprint density at radius 2 is 1.94 bits per heavy atom. The molecule has 0 aromatic heterocycles. The summed E-state index contributed by atoms with van der Waals surface area (Å²) in [5, 5.41) is 0. The van der Waals surface area contributed by atoms with Gasteiger partial charge in [0.15, 0.2) is 0 Å². The van der Waals surface area contributed by atoms with Crippen molar-refractivity contribution in [2.24, 2.45) is 11.7 Å². The topological polar surface area (TPSA) is 72.6 Å². The first-order valence-electron chi connectivity index (χ1n) is 6.33. The first kappa shape index (κ1) is 17.2. The van der Waals surface area contributed by atoms with Crippen molar-refractivity contribution in [2.45, 2.75) is 32.6 Å². The quantitative estimate of drug-likeness (QED) is 0.760. The van der Waals surface area contributed by atoms with E-state index in [0.717, 1.165) is 6.42 Å². The molecule has 1 heterocycles. The number of rotatable bonds is 5. The van der Waals surface area contributed by atoms with E-state index < -0.39 is 0 Å². The largest absolute Gasteiger partial charge is 0.466 e. The number of likely N-dealkylation sites (tertiary alicyclic amines) is 1. The lowest BCUT2D eigenvalue weighted by atomic mass is 9.97. The Balaban J connectivity index is 0.00000289. The Bertz CT molecular complexity index is 266. The molecule has 106 valence electrons. The molecular weight excluding hydrogens is 256 g/mol. The van der Waals surface area contributed by atoms with Gasteiger partial charge in [-0.05, 0) is 32.7 Å². The molecule has 0 bridgehead atoms. The van der Waals surface area contributed by atoms with Crippen LogP contribution in [0.2, 0.25) is 0 Å². The monoisotopic (exact) mass is 278 g/mol. The van der Waals surface area contributed by atoms with Crippen molar-refractivity contribution in [3.8, 4) is 0 Å². The lowest BCUT2D eigenvalue weighted by molar-refractivity contribution is -0.151. The van der Waals surface area contributed by atoms with Crippen LogP contribution in [0.4, 0.5) is 0 Å². The summed E-state index contributed by atoms with van der Waals surface area (Å²) in [5.41, 5.74) is 5.37. The van der Waals surface area contributed by atoms with Gasteiger partial charge in [-0.1, -0.05) is 0 Å². The highest BCUT2D eigenvalue weighted by Gasteiger charge is 2.27. The highest BCUT2D eigenvalue weighted by atomic mass is 35.5. The van der Waals surface area contributed by atoms with Crippen LogP contribution in [0.25, 0.3) is 0 Å². The summed E-state index contributed by atoms with van der Waals surface area (Å²) < 4.78 is 4.98. The third-order valence-corrected chi connectivity index (χ3v) is 3.06. The van der Waals surface area contributed by atoms with E-state index in [1.54, 1.807) is 0 Å². The van der Waals surface area contributed by atoms with Crippen molar-refractivity contribution in [1.29, 1.82) is 0 Å². The second kappa shape index (κ2) is 9.16. The van der Waals surface area contributed by atoms with Gasteiger partial charge >= 0.3 is 5.97 Å². The fourth-order valence-corrected chi connectivity index (χ4v) is 2.04. The van der Waals surface area contributed by atoms with Crippen LogP contribution in [0.15, 0.2) is 0 Å². The zero-order valence-electron chi connectivity index (χ0n) is 10.9. The van der Waals surface area contributed by atoms with Crippen LogP contribution in [0.1, 0.15) is 32.6 Å². The normalized spacial score (nSPS) is 16.0. The Hall–Kier alpha value is -0.810. The molecule has 0 aromatic carbocycles. The zero-order chi connectivity index (χ0) is 12.7. The summed E-state index contributed by atoms with van der Waals surface area (Å²) in [4.78, 5) is 25.0. The highest BCUT2D eigenvalue weighted by molar-refractivity contribution is 5.85. The van der Waals surface area contributed by atoms with E-state index in [4.69, 9.17) is 10.5 Å². The SMILES string of the molecule is CCOC(=O)C1CCN(C(=O)CCCN)CC1.Cl. The molecule has 0 aromatic rings. The number of carbonyl (C=O) groups is 2. The minimum Gasteiger partial charge on any atom is -0.466 e. The Morgan fingerprint density at radius 1 is 1.33 bits per heavy atom. The first-order chi connectivity index (χ1) is 8.19. The van der Waals surface area contributed by atoms with Gasteiger partial charge in [0.1, 0.15) is 0 Å². The highest BCUT2D eigenvalue weighted by Crippen LogP contribution is 2.19. The Labute approximate surface area is 114 Å². The van der Waals surface area contributed by atoms with E-state index in [1.807, 2.05) is 11.8 Å². The maximum atomic E-state index is 11.7. The van der Waals surface area contributed by atoms with Crippen molar-refractivity contribution >= 4 is 24.3 Å². The van der Waals surface area contributed by atoms with E-state index in [0.29, 0.717) is 45.5 Å². The molecule has 0 radical (unpaired) electrons. The molecule has 18 heavy (non-hydrogen) atoms. The molecule has 1 fully saturated rings. The predicted octanol–water partition coefficient (Wildman–Crippen LogP) is 0.949. The second-order valence-electron chi connectivity index (χ2n) is 4.30. The van der Waals surface area contributed by atoms with Gasteiger partial charge in [0, 0.05) is 19.5 Å². The molecule has 1 amide bonds. The molecule has 5 nitrogen and oxygen atoms in total. The Morgan fingerprint density at radius 3 is 2.44 bits per heavy atom. The molecule has 1 aliphatic rings. The maximum Gasteiger partial charge on any atom is 0.309 e. The molecule has 1 saturated heterocycles. The standard InChI is InChI=1S/C12H22N2O3.ClH/c1-2-17-12(16)10-5-8-14(9-6-10)11(15)4-3-7-13;/h10H,2-9,13H2,1H3;1H. The number of amides is 1. The summed E-state index contributed by atoms with van der Waals surface area (Å²) in [5.74, 6) is -0.00664. The minimum absolute atomic E-state index is 0. The number of esters is 1. The lowest BCUT2D eigenvalue weighted by Crippen LogP contribution is -2.40. The zero-order valence-corrected chi connectivity index (χ0v) is 11.7. The average Bonchev–Trinajstić information content (AvgIpc) is 2.36. The second-order valence-corrected chi connectivity index (χ2v) is 4.30. The van der Waals surface area contributed by atoms with Crippen LogP contribution in [-0.4, -0.2) is 43.0 Å². The van der Waals surface area contributed by atoms with E-state index in [2.05, 4.69) is 0 Å². The number of nitrogens with two attached hydrogens (primary N) is 1.